The quantitative estimate of drug-likeness (QED) is 0.515. The number of benzene rings is 3. The van der Waals surface area contributed by atoms with Crippen LogP contribution in [0.3, 0.4) is 0 Å². The normalized spacial score (nSPS) is 12.4. The molecule has 0 fully saturated rings. The highest BCUT2D eigenvalue weighted by molar-refractivity contribution is 9.10. The Labute approximate surface area is 183 Å². The van der Waals surface area contributed by atoms with Gasteiger partial charge in [0, 0.05) is 11.0 Å². The minimum Gasteiger partial charge on any atom is -0.341 e. The molecule has 0 saturated heterocycles. The fourth-order valence-corrected chi connectivity index (χ4v) is 4.32. The summed E-state index contributed by atoms with van der Waals surface area (Å²) in [5, 5.41) is 2.83. The molecule has 5 nitrogen and oxygen atoms in total. The first kappa shape index (κ1) is 22.1. The van der Waals surface area contributed by atoms with Gasteiger partial charge in [-0.05, 0) is 41.5 Å². The highest BCUT2D eigenvalue weighted by Crippen LogP contribution is 2.25. The van der Waals surface area contributed by atoms with Crippen molar-refractivity contribution in [2.75, 3.05) is 6.54 Å². The Balaban J connectivity index is 1.98. The van der Waals surface area contributed by atoms with Gasteiger partial charge < -0.3 is 5.32 Å². The SMILES string of the molecule is CCNS(=O)(=O)c1ccc(F)c(C(=O)NC(c2ccccc2)c2ccc(Br)cc2)c1. The van der Waals surface area contributed by atoms with E-state index in [1.807, 2.05) is 54.6 Å². The van der Waals surface area contributed by atoms with E-state index in [9.17, 15) is 17.6 Å². The van der Waals surface area contributed by atoms with E-state index < -0.39 is 27.8 Å². The van der Waals surface area contributed by atoms with Gasteiger partial charge in [-0.25, -0.2) is 17.5 Å². The van der Waals surface area contributed by atoms with Crippen LogP contribution in [0.4, 0.5) is 4.39 Å². The zero-order valence-corrected chi connectivity index (χ0v) is 18.5. The molecular weight excluding hydrogens is 471 g/mol. The molecule has 0 radical (unpaired) electrons. The summed E-state index contributed by atoms with van der Waals surface area (Å²) in [4.78, 5) is 12.8. The minimum absolute atomic E-state index is 0.171. The fraction of sp³-hybridized carbons (Fsp3) is 0.136. The van der Waals surface area contributed by atoms with E-state index in [0.717, 1.165) is 33.8 Å². The van der Waals surface area contributed by atoms with Crippen LogP contribution in [0.5, 0.6) is 0 Å². The van der Waals surface area contributed by atoms with Crippen LogP contribution < -0.4 is 10.0 Å². The number of sulfonamides is 1. The third kappa shape index (κ3) is 5.13. The number of hydrogen-bond acceptors (Lipinski definition) is 3. The molecule has 0 aliphatic carbocycles. The lowest BCUT2D eigenvalue weighted by Gasteiger charge is -2.20. The molecule has 30 heavy (non-hydrogen) atoms. The number of carbonyl (C=O) groups excluding carboxylic acids is 1. The predicted octanol–water partition coefficient (Wildman–Crippen LogP) is 4.41. The first-order valence-electron chi connectivity index (χ1n) is 9.22. The maximum atomic E-state index is 14.4. The van der Waals surface area contributed by atoms with Crippen molar-refractivity contribution in [3.8, 4) is 0 Å². The van der Waals surface area contributed by atoms with Gasteiger partial charge in [0.25, 0.3) is 5.91 Å². The third-order valence-electron chi connectivity index (χ3n) is 4.44. The van der Waals surface area contributed by atoms with Crippen LogP contribution in [-0.2, 0) is 10.0 Å². The second-order valence-electron chi connectivity index (χ2n) is 6.51. The Bertz CT molecular complexity index is 1140. The lowest BCUT2D eigenvalue weighted by Crippen LogP contribution is -2.30. The van der Waals surface area contributed by atoms with E-state index in [0.29, 0.717) is 0 Å². The van der Waals surface area contributed by atoms with Crippen molar-refractivity contribution in [1.82, 2.24) is 10.0 Å². The van der Waals surface area contributed by atoms with E-state index in [1.165, 1.54) is 0 Å². The van der Waals surface area contributed by atoms with Gasteiger partial charge in [-0.1, -0.05) is 65.3 Å². The molecule has 3 aromatic rings. The molecule has 3 aromatic carbocycles. The largest absolute Gasteiger partial charge is 0.341 e. The summed E-state index contributed by atoms with van der Waals surface area (Å²) in [6.45, 7) is 1.82. The minimum atomic E-state index is -3.82. The van der Waals surface area contributed by atoms with Crippen molar-refractivity contribution in [2.24, 2.45) is 0 Å². The third-order valence-corrected chi connectivity index (χ3v) is 6.51. The molecule has 3 rings (SSSR count). The summed E-state index contributed by atoms with van der Waals surface area (Å²) in [7, 11) is -3.82. The first-order chi connectivity index (χ1) is 14.3. The van der Waals surface area contributed by atoms with E-state index in [2.05, 4.69) is 26.0 Å². The highest BCUT2D eigenvalue weighted by atomic mass is 79.9. The van der Waals surface area contributed by atoms with Gasteiger partial charge in [-0.2, -0.15) is 0 Å². The Morgan fingerprint density at radius 1 is 1.00 bits per heavy atom. The molecule has 0 bridgehead atoms. The van der Waals surface area contributed by atoms with Crippen LogP contribution in [0.25, 0.3) is 0 Å². The van der Waals surface area contributed by atoms with Crippen LogP contribution in [0, 0.1) is 5.82 Å². The van der Waals surface area contributed by atoms with Crippen LogP contribution in [-0.4, -0.2) is 20.9 Å². The molecule has 2 N–H and O–H groups in total. The van der Waals surface area contributed by atoms with E-state index in [1.54, 1.807) is 6.92 Å². The summed E-state index contributed by atoms with van der Waals surface area (Å²) in [5.41, 5.74) is 1.27. The second kappa shape index (κ2) is 9.51. The molecule has 1 amide bonds. The van der Waals surface area contributed by atoms with Crippen LogP contribution in [0.1, 0.15) is 34.5 Å². The van der Waals surface area contributed by atoms with Gasteiger partial charge in [0.05, 0.1) is 16.5 Å². The van der Waals surface area contributed by atoms with Crippen molar-refractivity contribution in [1.29, 1.82) is 0 Å². The topological polar surface area (TPSA) is 75.3 Å². The van der Waals surface area contributed by atoms with Crippen LogP contribution in [0.15, 0.2) is 82.2 Å². The molecule has 0 aromatic heterocycles. The maximum absolute atomic E-state index is 14.4. The zero-order chi connectivity index (χ0) is 21.7. The van der Waals surface area contributed by atoms with Crippen LogP contribution >= 0.6 is 15.9 Å². The average Bonchev–Trinajstić information content (AvgIpc) is 2.73. The van der Waals surface area contributed by atoms with Gasteiger partial charge in [0.2, 0.25) is 10.0 Å². The summed E-state index contributed by atoms with van der Waals surface area (Å²) < 4.78 is 42.1. The van der Waals surface area contributed by atoms with E-state index in [-0.39, 0.29) is 17.0 Å². The summed E-state index contributed by atoms with van der Waals surface area (Å²) in [6, 6.07) is 19.3. The monoisotopic (exact) mass is 490 g/mol. The van der Waals surface area contributed by atoms with Crippen molar-refractivity contribution >= 4 is 31.9 Å². The number of nitrogens with one attached hydrogen (secondary N) is 2. The van der Waals surface area contributed by atoms with Gasteiger partial charge in [0.1, 0.15) is 5.82 Å². The Morgan fingerprint density at radius 2 is 1.63 bits per heavy atom. The lowest BCUT2D eigenvalue weighted by atomic mass is 9.98. The summed E-state index contributed by atoms with van der Waals surface area (Å²) >= 11 is 3.39. The van der Waals surface area contributed by atoms with Crippen LogP contribution in [0.2, 0.25) is 0 Å². The van der Waals surface area contributed by atoms with E-state index >= 15 is 0 Å². The van der Waals surface area contributed by atoms with Gasteiger partial charge >= 0.3 is 0 Å². The lowest BCUT2D eigenvalue weighted by molar-refractivity contribution is 0.0938. The molecule has 0 spiro atoms. The standard InChI is InChI=1S/C22H20BrFN2O3S/c1-2-25-30(28,29)18-12-13-20(24)19(14-18)22(27)26-21(15-6-4-3-5-7-15)16-8-10-17(23)11-9-16/h3-14,21,25H,2H2,1H3,(H,26,27). The Kier molecular flexibility index (Phi) is 7.02. The molecule has 0 aliphatic heterocycles. The average molecular weight is 491 g/mol. The Morgan fingerprint density at radius 3 is 2.27 bits per heavy atom. The maximum Gasteiger partial charge on any atom is 0.255 e. The first-order valence-corrected chi connectivity index (χ1v) is 11.5. The molecule has 0 saturated carbocycles. The van der Waals surface area contributed by atoms with Crippen molar-refractivity contribution in [2.45, 2.75) is 17.9 Å². The summed E-state index contributed by atoms with van der Waals surface area (Å²) in [6.07, 6.45) is 0. The fourth-order valence-electron chi connectivity index (χ4n) is 2.99. The second-order valence-corrected chi connectivity index (χ2v) is 9.19. The molecule has 0 heterocycles. The predicted molar refractivity (Wildman–Crippen MR) is 117 cm³/mol. The molecule has 8 heteroatoms. The number of amides is 1. The molecule has 1 atom stereocenters. The molecule has 1 unspecified atom stereocenters. The Hall–Kier alpha value is -2.55. The van der Waals surface area contributed by atoms with Gasteiger partial charge in [-0.3, -0.25) is 4.79 Å². The zero-order valence-electron chi connectivity index (χ0n) is 16.1. The number of rotatable bonds is 7. The number of carbonyl (C=O) groups is 1. The smallest absolute Gasteiger partial charge is 0.255 e. The molecule has 156 valence electrons. The summed E-state index contributed by atoms with van der Waals surface area (Å²) in [5.74, 6) is -1.51. The van der Waals surface area contributed by atoms with Crippen molar-refractivity contribution in [3.05, 3.63) is 99.8 Å². The molecular formula is C22H20BrFN2O3S. The van der Waals surface area contributed by atoms with Gasteiger partial charge in [0.15, 0.2) is 0 Å². The molecule has 0 aliphatic rings. The van der Waals surface area contributed by atoms with Crippen molar-refractivity contribution in [3.63, 3.8) is 0 Å². The van der Waals surface area contributed by atoms with E-state index in [4.69, 9.17) is 0 Å². The number of halogens is 2. The highest BCUT2D eigenvalue weighted by Gasteiger charge is 2.22. The number of hydrogen-bond donors (Lipinski definition) is 2. The van der Waals surface area contributed by atoms with Gasteiger partial charge in [-0.15, -0.1) is 0 Å². The van der Waals surface area contributed by atoms with Crippen molar-refractivity contribution < 1.29 is 17.6 Å².